The number of nitrogens with one attached hydrogen (secondary N) is 1. The summed E-state index contributed by atoms with van der Waals surface area (Å²) in [7, 11) is -2.15. The molecular formula is C13H16ClN3O3S. The van der Waals surface area contributed by atoms with Gasteiger partial charge >= 0.3 is 0 Å². The zero-order valence-corrected chi connectivity index (χ0v) is 13.1. The summed E-state index contributed by atoms with van der Waals surface area (Å²) in [5, 5.41) is -0.0703. The predicted octanol–water partition coefficient (Wildman–Crippen LogP) is 1.84. The Morgan fingerprint density at radius 3 is 2.86 bits per heavy atom. The first kappa shape index (κ1) is 14.8. The van der Waals surface area contributed by atoms with Crippen molar-refractivity contribution in [3.63, 3.8) is 0 Å². The van der Waals surface area contributed by atoms with Gasteiger partial charge in [0.2, 0.25) is 0 Å². The van der Waals surface area contributed by atoms with E-state index in [1.54, 1.807) is 31.5 Å². The van der Waals surface area contributed by atoms with Crippen LogP contribution in [0.4, 0.5) is 0 Å². The Morgan fingerprint density at radius 2 is 2.24 bits per heavy atom. The minimum Gasteiger partial charge on any atom is -0.377 e. The van der Waals surface area contributed by atoms with Gasteiger partial charge < -0.3 is 4.74 Å². The number of pyridine rings is 1. The van der Waals surface area contributed by atoms with E-state index in [2.05, 4.69) is 9.71 Å². The molecule has 0 aliphatic heterocycles. The third-order valence-corrected chi connectivity index (χ3v) is 5.78. The van der Waals surface area contributed by atoms with Crippen molar-refractivity contribution in [2.75, 3.05) is 13.7 Å². The third kappa shape index (κ3) is 2.55. The maximum atomic E-state index is 12.5. The number of fused-ring (bicyclic) bond motifs is 1. The highest BCUT2D eigenvalue weighted by molar-refractivity contribution is 7.89. The van der Waals surface area contributed by atoms with Crippen LogP contribution in [0.3, 0.4) is 0 Å². The molecule has 2 aromatic rings. The molecule has 1 N–H and O–H groups in total. The molecule has 1 aliphatic rings. The van der Waals surface area contributed by atoms with Crippen LogP contribution < -0.4 is 4.72 Å². The minimum absolute atomic E-state index is 0.0335. The third-order valence-electron chi connectivity index (χ3n) is 3.98. The predicted molar refractivity (Wildman–Crippen MR) is 79.0 cm³/mol. The Bertz CT molecular complexity index is 763. The van der Waals surface area contributed by atoms with Crippen LogP contribution in [-0.2, 0) is 14.8 Å². The highest BCUT2D eigenvalue weighted by Crippen LogP contribution is 2.34. The number of sulfonamides is 1. The number of rotatable bonds is 5. The summed E-state index contributed by atoms with van der Waals surface area (Å²) in [4.78, 5) is 4.06. The second-order valence-corrected chi connectivity index (χ2v) is 7.24. The van der Waals surface area contributed by atoms with E-state index in [-0.39, 0.29) is 22.3 Å². The van der Waals surface area contributed by atoms with E-state index in [0.717, 1.165) is 19.3 Å². The Balaban J connectivity index is 1.91. The Labute approximate surface area is 128 Å². The number of hydrogen-bond donors (Lipinski definition) is 1. The average molecular weight is 330 g/mol. The highest BCUT2D eigenvalue weighted by Gasteiger charge is 2.38. The number of hydrogen-bond acceptors (Lipinski definition) is 4. The van der Waals surface area contributed by atoms with Crippen molar-refractivity contribution in [1.29, 1.82) is 0 Å². The van der Waals surface area contributed by atoms with Gasteiger partial charge in [-0.25, -0.2) is 18.1 Å². The lowest BCUT2D eigenvalue weighted by molar-refractivity contribution is -0.0659. The standard InChI is InChI=1S/C13H16ClN3O3S/c1-20-13(6-4-7-13)9-15-21(18,19)12-11(14)16-10-5-2-3-8-17(10)12/h2-3,5,8,15H,4,6-7,9H2,1H3. The zero-order chi connectivity index (χ0) is 15.1. The largest absolute Gasteiger partial charge is 0.377 e. The van der Waals surface area contributed by atoms with Crippen LogP contribution in [0.5, 0.6) is 0 Å². The normalized spacial score (nSPS) is 17.8. The summed E-state index contributed by atoms with van der Waals surface area (Å²) < 4.78 is 34.5. The first-order chi connectivity index (χ1) is 9.97. The van der Waals surface area contributed by atoms with Gasteiger partial charge in [0.1, 0.15) is 5.65 Å². The van der Waals surface area contributed by atoms with Gasteiger partial charge in [0, 0.05) is 19.9 Å². The van der Waals surface area contributed by atoms with Gasteiger partial charge in [0.25, 0.3) is 10.0 Å². The van der Waals surface area contributed by atoms with Crippen LogP contribution in [0, 0.1) is 0 Å². The van der Waals surface area contributed by atoms with Crippen LogP contribution in [0.25, 0.3) is 5.65 Å². The van der Waals surface area contributed by atoms with Gasteiger partial charge in [-0.05, 0) is 31.4 Å². The topological polar surface area (TPSA) is 72.7 Å². The molecule has 0 aromatic carbocycles. The molecule has 0 amide bonds. The molecule has 0 unspecified atom stereocenters. The fraction of sp³-hybridized carbons (Fsp3) is 0.462. The molecule has 2 aromatic heterocycles. The number of ether oxygens (including phenoxy) is 1. The molecule has 21 heavy (non-hydrogen) atoms. The number of imidazole rings is 1. The molecule has 0 saturated heterocycles. The molecule has 1 saturated carbocycles. The Hall–Kier alpha value is -1.15. The smallest absolute Gasteiger partial charge is 0.259 e. The highest BCUT2D eigenvalue weighted by atomic mass is 35.5. The summed E-state index contributed by atoms with van der Waals surface area (Å²) in [5.41, 5.74) is 0.105. The van der Waals surface area contributed by atoms with Gasteiger partial charge in [-0.1, -0.05) is 17.7 Å². The fourth-order valence-electron chi connectivity index (χ4n) is 2.50. The first-order valence-corrected chi connectivity index (χ1v) is 8.51. The van der Waals surface area contributed by atoms with E-state index >= 15 is 0 Å². The lowest BCUT2D eigenvalue weighted by atomic mass is 9.80. The summed E-state index contributed by atoms with van der Waals surface area (Å²) in [6.07, 6.45) is 4.38. The van der Waals surface area contributed by atoms with Gasteiger partial charge in [-0.2, -0.15) is 0 Å². The van der Waals surface area contributed by atoms with Gasteiger partial charge in [-0.3, -0.25) is 4.40 Å². The van der Waals surface area contributed by atoms with E-state index < -0.39 is 10.0 Å². The maximum Gasteiger partial charge on any atom is 0.259 e. The molecule has 114 valence electrons. The number of halogens is 1. The van der Waals surface area contributed by atoms with Crippen molar-refractivity contribution in [3.05, 3.63) is 29.5 Å². The number of methoxy groups -OCH3 is 1. The van der Waals surface area contributed by atoms with Crippen molar-refractivity contribution in [3.8, 4) is 0 Å². The number of nitrogens with zero attached hydrogens (tertiary/aromatic N) is 2. The molecule has 0 bridgehead atoms. The first-order valence-electron chi connectivity index (χ1n) is 6.65. The quantitative estimate of drug-likeness (QED) is 0.908. The van der Waals surface area contributed by atoms with Crippen LogP contribution in [0.15, 0.2) is 29.4 Å². The van der Waals surface area contributed by atoms with Crippen molar-refractivity contribution in [2.24, 2.45) is 0 Å². The van der Waals surface area contributed by atoms with Crippen LogP contribution in [0.1, 0.15) is 19.3 Å². The van der Waals surface area contributed by atoms with Crippen molar-refractivity contribution in [1.82, 2.24) is 14.1 Å². The van der Waals surface area contributed by atoms with E-state index in [9.17, 15) is 8.42 Å². The molecule has 1 aliphatic carbocycles. The molecule has 1 fully saturated rings. The van der Waals surface area contributed by atoms with Crippen molar-refractivity contribution < 1.29 is 13.2 Å². The molecule has 0 spiro atoms. The van der Waals surface area contributed by atoms with Crippen molar-refractivity contribution in [2.45, 2.75) is 29.9 Å². The second kappa shape index (κ2) is 5.24. The van der Waals surface area contributed by atoms with Crippen molar-refractivity contribution >= 4 is 27.3 Å². The molecule has 8 heteroatoms. The summed E-state index contributed by atoms with van der Waals surface area (Å²) in [5.74, 6) is 0. The molecule has 3 rings (SSSR count). The van der Waals surface area contributed by atoms with Gasteiger partial charge in [-0.15, -0.1) is 0 Å². The summed E-state index contributed by atoms with van der Waals surface area (Å²) in [6, 6.07) is 5.21. The van der Waals surface area contributed by atoms with Gasteiger partial charge in [0.15, 0.2) is 10.2 Å². The van der Waals surface area contributed by atoms with E-state index in [1.807, 2.05) is 0 Å². The van der Waals surface area contributed by atoms with E-state index in [1.165, 1.54) is 4.40 Å². The molecular weight excluding hydrogens is 314 g/mol. The number of aromatic nitrogens is 2. The summed E-state index contributed by atoms with van der Waals surface area (Å²) >= 11 is 6.00. The summed E-state index contributed by atoms with van der Waals surface area (Å²) in [6.45, 7) is 0.238. The van der Waals surface area contributed by atoms with E-state index in [0.29, 0.717) is 5.65 Å². The Morgan fingerprint density at radius 1 is 1.48 bits per heavy atom. The fourth-order valence-corrected chi connectivity index (χ4v) is 4.26. The van der Waals surface area contributed by atoms with Crippen LogP contribution in [-0.4, -0.2) is 37.1 Å². The minimum atomic E-state index is -3.76. The monoisotopic (exact) mass is 329 g/mol. The maximum absolute atomic E-state index is 12.5. The average Bonchev–Trinajstić information content (AvgIpc) is 2.74. The zero-order valence-electron chi connectivity index (χ0n) is 11.5. The van der Waals surface area contributed by atoms with Crippen LogP contribution >= 0.6 is 11.6 Å². The lowest BCUT2D eigenvalue weighted by Gasteiger charge is -2.40. The molecule has 6 nitrogen and oxygen atoms in total. The Kier molecular flexibility index (Phi) is 3.69. The second-order valence-electron chi connectivity index (χ2n) is 5.20. The molecule has 0 atom stereocenters. The molecule has 0 radical (unpaired) electrons. The van der Waals surface area contributed by atoms with Gasteiger partial charge in [0.05, 0.1) is 5.60 Å². The van der Waals surface area contributed by atoms with Crippen LogP contribution in [0.2, 0.25) is 5.15 Å². The SMILES string of the molecule is COC1(CNS(=O)(=O)c2c(Cl)nc3ccccn23)CCC1. The molecule has 2 heterocycles. The van der Waals surface area contributed by atoms with E-state index in [4.69, 9.17) is 16.3 Å². The lowest BCUT2D eigenvalue weighted by Crippen LogP contribution is -2.49.